The van der Waals surface area contributed by atoms with E-state index < -0.39 is 27.7 Å². The van der Waals surface area contributed by atoms with Crippen molar-refractivity contribution in [2.45, 2.75) is 24.8 Å². The van der Waals surface area contributed by atoms with Crippen LogP contribution in [0.1, 0.15) is 22.7 Å². The molecule has 0 unspecified atom stereocenters. The molecule has 180 valence electrons. The maximum atomic E-state index is 13.2. The number of carbonyl (C=O) groups excluding carboxylic acids is 1. The number of hydrogen-bond donors (Lipinski definition) is 1. The number of esters is 1. The first kappa shape index (κ1) is 24.9. The lowest BCUT2D eigenvalue weighted by Gasteiger charge is -2.19. The van der Waals surface area contributed by atoms with Gasteiger partial charge in [-0.3, -0.25) is 0 Å². The second kappa shape index (κ2) is 9.83. The number of hydrogen-bond acceptors (Lipinski definition) is 6. The predicted molar refractivity (Wildman–Crippen MR) is 134 cm³/mol. The highest BCUT2D eigenvalue weighted by Crippen LogP contribution is 2.33. The molecule has 0 amide bonds. The van der Waals surface area contributed by atoms with Gasteiger partial charge in [0.2, 0.25) is 10.0 Å². The van der Waals surface area contributed by atoms with Gasteiger partial charge in [0.15, 0.2) is 5.75 Å². The minimum Gasteiger partial charge on any atom is -0.423 e. The van der Waals surface area contributed by atoms with Gasteiger partial charge in [0.1, 0.15) is 16.6 Å². The van der Waals surface area contributed by atoms with Crippen LogP contribution < -0.4 is 15.1 Å². The normalized spacial score (nSPS) is 12.5. The highest BCUT2D eigenvalue weighted by Gasteiger charge is 2.29. The van der Waals surface area contributed by atoms with Crippen LogP contribution in [-0.4, -0.2) is 14.4 Å². The molecule has 4 aromatic rings. The number of nitrogens with one attached hydrogen (secondary N) is 1. The fraction of sp³-hybridized carbons (Fsp3) is 0.120. The van der Waals surface area contributed by atoms with Crippen molar-refractivity contribution in [1.29, 1.82) is 0 Å². The minimum absolute atomic E-state index is 0.00491. The van der Waals surface area contributed by atoms with Gasteiger partial charge in [0.05, 0.1) is 9.92 Å². The number of carbonyl (C=O) groups is 1. The Hall–Kier alpha value is -3.17. The molecule has 1 N–H and O–H groups in total. The van der Waals surface area contributed by atoms with Crippen LogP contribution in [0.4, 0.5) is 0 Å². The number of rotatable bonds is 6. The van der Waals surface area contributed by atoms with E-state index in [-0.39, 0.29) is 26.3 Å². The Bertz CT molecular complexity index is 1580. The third kappa shape index (κ3) is 5.26. The number of sulfonamides is 1. The predicted octanol–water partition coefficient (Wildman–Crippen LogP) is 5.34. The van der Waals surface area contributed by atoms with Gasteiger partial charge in [-0.1, -0.05) is 71.2 Å². The first-order valence-corrected chi connectivity index (χ1v) is 12.6. The second-order valence-electron chi connectivity index (χ2n) is 7.81. The van der Waals surface area contributed by atoms with E-state index in [2.05, 4.69) is 4.72 Å². The summed E-state index contributed by atoms with van der Waals surface area (Å²) in [5, 5.41) is 0.444. The standard InChI is InChI=1S/C25H19Cl2NO6S/c1-14-8-10-17(11-9-14)35(31,32)28-23(16-6-4-3-5-7-16)25(30)34-21-13-20-18(12-19(21)26)15(2)22(27)24(29)33-20/h3-13,23,28H,1-2H3/t23-/m1/s1. The van der Waals surface area contributed by atoms with E-state index in [1.807, 2.05) is 6.92 Å². The van der Waals surface area contributed by atoms with Crippen LogP contribution in [0.3, 0.4) is 0 Å². The van der Waals surface area contributed by atoms with E-state index in [1.54, 1.807) is 49.4 Å². The molecule has 1 aromatic heterocycles. The average molecular weight is 532 g/mol. The third-order valence-electron chi connectivity index (χ3n) is 5.33. The van der Waals surface area contributed by atoms with Gasteiger partial charge in [0, 0.05) is 11.5 Å². The Morgan fingerprint density at radius 2 is 1.66 bits per heavy atom. The number of ether oxygens (including phenoxy) is 1. The van der Waals surface area contributed by atoms with Crippen molar-refractivity contribution in [1.82, 2.24) is 4.72 Å². The zero-order valence-electron chi connectivity index (χ0n) is 18.5. The maximum absolute atomic E-state index is 13.2. The number of benzene rings is 3. The molecule has 1 atom stereocenters. The van der Waals surface area contributed by atoms with E-state index in [4.69, 9.17) is 32.4 Å². The van der Waals surface area contributed by atoms with Gasteiger partial charge in [-0.15, -0.1) is 0 Å². The molecule has 0 fully saturated rings. The molecule has 1 heterocycles. The fourth-order valence-corrected chi connectivity index (χ4v) is 4.93. The molecular formula is C25H19Cl2NO6S. The maximum Gasteiger partial charge on any atom is 0.355 e. The van der Waals surface area contributed by atoms with Crippen LogP contribution in [-0.2, 0) is 14.8 Å². The second-order valence-corrected chi connectivity index (χ2v) is 10.3. The van der Waals surface area contributed by atoms with Crippen LogP contribution >= 0.6 is 23.2 Å². The Kier molecular flexibility index (Phi) is 7.00. The summed E-state index contributed by atoms with van der Waals surface area (Å²) < 4.78 is 39.1. The summed E-state index contributed by atoms with van der Waals surface area (Å²) in [6, 6.07) is 15.8. The zero-order valence-corrected chi connectivity index (χ0v) is 20.9. The zero-order chi connectivity index (χ0) is 25.3. The molecular weight excluding hydrogens is 513 g/mol. The lowest BCUT2D eigenvalue weighted by atomic mass is 10.1. The Morgan fingerprint density at radius 3 is 2.31 bits per heavy atom. The highest BCUT2D eigenvalue weighted by molar-refractivity contribution is 7.89. The Balaban J connectivity index is 1.71. The summed E-state index contributed by atoms with van der Waals surface area (Å²) in [6.07, 6.45) is 0. The van der Waals surface area contributed by atoms with Crippen molar-refractivity contribution in [3.63, 3.8) is 0 Å². The summed E-state index contributed by atoms with van der Waals surface area (Å²) in [7, 11) is -4.08. The summed E-state index contributed by atoms with van der Waals surface area (Å²) in [6.45, 7) is 3.47. The van der Waals surface area contributed by atoms with Crippen molar-refractivity contribution in [3.05, 3.63) is 104 Å². The van der Waals surface area contributed by atoms with E-state index in [0.29, 0.717) is 16.5 Å². The molecule has 35 heavy (non-hydrogen) atoms. The van der Waals surface area contributed by atoms with Crippen LogP contribution in [0, 0.1) is 13.8 Å². The van der Waals surface area contributed by atoms with Gasteiger partial charge in [-0.25, -0.2) is 18.0 Å². The van der Waals surface area contributed by atoms with E-state index >= 15 is 0 Å². The van der Waals surface area contributed by atoms with Gasteiger partial charge in [-0.05, 0) is 43.2 Å². The van der Waals surface area contributed by atoms with Crippen molar-refractivity contribution in [2.24, 2.45) is 0 Å². The molecule has 0 saturated carbocycles. The molecule has 10 heteroatoms. The van der Waals surface area contributed by atoms with E-state index in [0.717, 1.165) is 5.56 Å². The van der Waals surface area contributed by atoms with Crippen molar-refractivity contribution >= 4 is 50.2 Å². The Morgan fingerprint density at radius 1 is 1.00 bits per heavy atom. The molecule has 4 rings (SSSR count). The highest BCUT2D eigenvalue weighted by atomic mass is 35.5. The molecule has 0 bridgehead atoms. The van der Waals surface area contributed by atoms with Gasteiger partial charge >= 0.3 is 11.6 Å². The van der Waals surface area contributed by atoms with Crippen molar-refractivity contribution < 1.29 is 22.4 Å². The summed E-state index contributed by atoms with van der Waals surface area (Å²) >= 11 is 12.3. The average Bonchev–Trinajstić information content (AvgIpc) is 2.83. The van der Waals surface area contributed by atoms with Crippen LogP contribution in [0.5, 0.6) is 5.75 Å². The summed E-state index contributed by atoms with van der Waals surface area (Å²) in [5.41, 5.74) is 1.08. The largest absolute Gasteiger partial charge is 0.423 e. The van der Waals surface area contributed by atoms with Gasteiger partial charge in [0.25, 0.3) is 0 Å². The van der Waals surface area contributed by atoms with E-state index in [9.17, 15) is 18.0 Å². The SMILES string of the molecule is Cc1ccc(S(=O)(=O)N[C@@H](C(=O)Oc2cc3oc(=O)c(Cl)c(C)c3cc2Cl)c2ccccc2)cc1. The molecule has 0 aliphatic rings. The minimum atomic E-state index is -4.08. The smallest absolute Gasteiger partial charge is 0.355 e. The molecule has 0 saturated heterocycles. The lowest BCUT2D eigenvalue weighted by molar-refractivity contribution is -0.136. The number of halogens is 2. The molecule has 0 radical (unpaired) electrons. The molecule has 0 spiro atoms. The van der Waals surface area contributed by atoms with Gasteiger partial charge in [-0.2, -0.15) is 4.72 Å². The summed E-state index contributed by atoms with van der Waals surface area (Å²) in [5.74, 6) is -1.04. The van der Waals surface area contributed by atoms with Gasteiger partial charge < -0.3 is 9.15 Å². The molecule has 7 nitrogen and oxygen atoms in total. The quantitative estimate of drug-likeness (QED) is 0.204. The fourth-order valence-electron chi connectivity index (χ4n) is 3.41. The Labute approximate surface area is 211 Å². The number of aryl methyl sites for hydroxylation is 2. The van der Waals surface area contributed by atoms with Crippen molar-refractivity contribution in [3.8, 4) is 5.75 Å². The third-order valence-corrected chi connectivity index (χ3v) is 7.50. The van der Waals surface area contributed by atoms with Crippen molar-refractivity contribution in [2.75, 3.05) is 0 Å². The summed E-state index contributed by atoms with van der Waals surface area (Å²) in [4.78, 5) is 25.2. The van der Waals surface area contributed by atoms with Crippen LogP contribution in [0.25, 0.3) is 11.0 Å². The first-order valence-electron chi connectivity index (χ1n) is 10.3. The molecule has 3 aromatic carbocycles. The first-order chi connectivity index (χ1) is 16.6. The monoisotopic (exact) mass is 531 g/mol. The topological polar surface area (TPSA) is 103 Å². The lowest BCUT2D eigenvalue weighted by Crippen LogP contribution is -2.36. The molecule has 0 aliphatic carbocycles. The molecule has 0 aliphatic heterocycles. The van der Waals surface area contributed by atoms with Crippen LogP contribution in [0.15, 0.2) is 80.8 Å². The number of fused-ring (bicyclic) bond motifs is 1. The van der Waals surface area contributed by atoms with E-state index in [1.165, 1.54) is 24.3 Å². The van der Waals surface area contributed by atoms with Crippen LogP contribution in [0.2, 0.25) is 10.0 Å².